The lowest BCUT2D eigenvalue weighted by atomic mass is 9.99. The monoisotopic (exact) mass is 443 g/mol. The molecule has 0 aliphatic heterocycles. The van der Waals surface area contributed by atoms with Crippen molar-refractivity contribution in [1.29, 1.82) is 0 Å². The summed E-state index contributed by atoms with van der Waals surface area (Å²) in [5.41, 5.74) is 11.3. The standard InChI is InChI=1S/C21H41N5O5/c1-6-13(4)17(23)20(29)24-14(5)18(27)26-16(11-12(2)3)19(28)25-15(21(30)31)9-7-8-10-22/h12-17H,6-11,22-23H2,1-5H3,(H,24,29)(H,25,28)(H,26,27)(H,30,31). The zero-order chi connectivity index (χ0) is 24.1. The van der Waals surface area contributed by atoms with Gasteiger partial charge in [-0.3, -0.25) is 14.4 Å². The molecule has 0 aromatic carbocycles. The first-order valence-corrected chi connectivity index (χ1v) is 11.0. The summed E-state index contributed by atoms with van der Waals surface area (Å²) in [6.45, 7) is 9.50. The average Bonchev–Trinajstić information content (AvgIpc) is 2.70. The maximum Gasteiger partial charge on any atom is 0.326 e. The van der Waals surface area contributed by atoms with Crippen molar-refractivity contribution in [3.8, 4) is 0 Å². The van der Waals surface area contributed by atoms with Crippen molar-refractivity contribution >= 4 is 23.7 Å². The highest BCUT2D eigenvalue weighted by atomic mass is 16.4. The predicted molar refractivity (Wildman–Crippen MR) is 119 cm³/mol. The van der Waals surface area contributed by atoms with Gasteiger partial charge in [0.25, 0.3) is 0 Å². The summed E-state index contributed by atoms with van der Waals surface area (Å²) in [5.74, 6) is -2.66. The molecule has 0 heterocycles. The van der Waals surface area contributed by atoms with E-state index in [1.165, 1.54) is 6.92 Å². The Hall–Kier alpha value is -2.20. The van der Waals surface area contributed by atoms with Crippen molar-refractivity contribution in [1.82, 2.24) is 16.0 Å². The predicted octanol–water partition coefficient (Wildman–Crippen LogP) is 0.0938. The van der Waals surface area contributed by atoms with E-state index in [1.807, 2.05) is 27.7 Å². The molecule has 0 aliphatic rings. The molecule has 0 saturated heterocycles. The van der Waals surface area contributed by atoms with Gasteiger partial charge in [0.2, 0.25) is 17.7 Å². The van der Waals surface area contributed by atoms with Crippen molar-refractivity contribution in [2.24, 2.45) is 23.3 Å². The molecule has 10 nitrogen and oxygen atoms in total. The Balaban J connectivity index is 5.09. The van der Waals surface area contributed by atoms with Crippen molar-refractivity contribution < 1.29 is 24.3 Å². The van der Waals surface area contributed by atoms with E-state index in [1.54, 1.807) is 0 Å². The molecule has 31 heavy (non-hydrogen) atoms. The molecule has 0 aromatic heterocycles. The fourth-order valence-corrected chi connectivity index (χ4v) is 2.91. The Morgan fingerprint density at radius 3 is 1.94 bits per heavy atom. The second kappa shape index (κ2) is 14.7. The number of hydrogen-bond acceptors (Lipinski definition) is 6. The summed E-state index contributed by atoms with van der Waals surface area (Å²) in [6, 6.07) is -3.62. The van der Waals surface area contributed by atoms with Crippen LogP contribution in [-0.2, 0) is 19.2 Å². The SMILES string of the molecule is CCC(C)C(N)C(=O)NC(C)C(=O)NC(CC(C)C)C(=O)NC(CCCCN)C(=O)O. The van der Waals surface area contributed by atoms with E-state index < -0.39 is 47.9 Å². The first kappa shape index (κ1) is 28.8. The average molecular weight is 444 g/mol. The van der Waals surface area contributed by atoms with Crippen LogP contribution in [0.15, 0.2) is 0 Å². The molecule has 0 radical (unpaired) electrons. The number of aliphatic carboxylic acids is 1. The van der Waals surface area contributed by atoms with E-state index in [0.29, 0.717) is 25.8 Å². The summed E-state index contributed by atoms with van der Waals surface area (Å²) in [6.07, 6.45) is 2.51. The number of carbonyl (C=O) groups excluding carboxylic acids is 3. The molecule has 0 spiro atoms. The van der Waals surface area contributed by atoms with Gasteiger partial charge in [-0.2, -0.15) is 0 Å². The smallest absolute Gasteiger partial charge is 0.326 e. The zero-order valence-corrected chi connectivity index (χ0v) is 19.4. The molecule has 0 aliphatic carbocycles. The van der Waals surface area contributed by atoms with Crippen LogP contribution < -0.4 is 27.4 Å². The van der Waals surface area contributed by atoms with Crippen molar-refractivity contribution in [3.05, 3.63) is 0 Å². The van der Waals surface area contributed by atoms with Crippen LogP contribution in [0, 0.1) is 11.8 Å². The molecule has 180 valence electrons. The highest BCUT2D eigenvalue weighted by molar-refractivity contribution is 5.93. The summed E-state index contributed by atoms with van der Waals surface area (Å²) >= 11 is 0. The largest absolute Gasteiger partial charge is 0.480 e. The van der Waals surface area contributed by atoms with Crippen LogP contribution in [0.4, 0.5) is 0 Å². The number of unbranched alkanes of at least 4 members (excludes halogenated alkanes) is 1. The summed E-state index contributed by atoms with van der Waals surface area (Å²) in [4.78, 5) is 49.0. The van der Waals surface area contributed by atoms with Crippen molar-refractivity contribution in [3.63, 3.8) is 0 Å². The molecule has 5 atom stereocenters. The molecule has 0 saturated carbocycles. The lowest BCUT2D eigenvalue weighted by Gasteiger charge is -2.25. The fourth-order valence-electron chi connectivity index (χ4n) is 2.91. The third-order valence-corrected chi connectivity index (χ3v) is 5.21. The number of carbonyl (C=O) groups is 4. The van der Waals surface area contributed by atoms with Gasteiger partial charge in [0.1, 0.15) is 18.1 Å². The molecule has 0 bridgehead atoms. The Bertz CT molecular complexity index is 599. The van der Waals surface area contributed by atoms with Gasteiger partial charge < -0.3 is 32.5 Å². The molecule has 3 amide bonds. The second-order valence-corrected chi connectivity index (χ2v) is 8.52. The van der Waals surface area contributed by atoms with Crippen LogP contribution in [0.2, 0.25) is 0 Å². The van der Waals surface area contributed by atoms with Gasteiger partial charge in [0.15, 0.2) is 0 Å². The molecule has 5 unspecified atom stereocenters. The van der Waals surface area contributed by atoms with Crippen LogP contribution >= 0.6 is 0 Å². The topological polar surface area (TPSA) is 177 Å². The second-order valence-electron chi connectivity index (χ2n) is 8.52. The maximum atomic E-state index is 12.7. The van der Waals surface area contributed by atoms with Gasteiger partial charge in [0.05, 0.1) is 6.04 Å². The highest BCUT2D eigenvalue weighted by Crippen LogP contribution is 2.09. The van der Waals surface area contributed by atoms with E-state index in [9.17, 15) is 24.3 Å². The van der Waals surface area contributed by atoms with E-state index in [4.69, 9.17) is 11.5 Å². The number of rotatable bonds is 15. The molecule has 0 fully saturated rings. The Kier molecular flexibility index (Phi) is 13.7. The fraction of sp³-hybridized carbons (Fsp3) is 0.810. The number of carboxylic acids is 1. The van der Waals surface area contributed by atoms with E-state index in [0.717, 1.165) is 6.42 Å². The molecular weight excluding hydrogens is 402 g/mol. The van der Waals surface area contributed by atoms with Crippen LogP contribution in [0.5, 0.6) is 0 Å². The zero-order valence-electron chi connectivity index (χ0n) is 19.4. The minimum atomic E-state index is -1.14. The van der Waals surface area contributed by atoms with Gasteiger partial charge in [-0.15, -0.1) is 0 Å². The highest BCUT2D eigenvalue weighted by Gasteiger charge is 2.29. The number of amides is 3. The molecular formula is C21H41N5O5. The third kappa shape index (κ3) is 11.1. The van der Waals surface area contributed by atoms with Crippen molar-refractivity contribution in [2.75, 3.05) is 6.54 Å². The summed E-state index contributed by atoms with van der Waals surface area (Å²) in [7, 11) is 0. The Labute approximate surface area is 185 Å². The van der Waals surface area contributed by atoms with Crippen LogP contribution in [-0.4, -0.2) is 59.5 Å². The number of nitrogens with one attached hydrogen (secondary N) is 3. The normalized spacial score (nSPS) is 16.0. The number of carboxylic acid groups (broad SMARTS) is 1. The van der Waals surface area contributed by atoms with Gasteiger partial charge in [-0.1, -0.05) is 34.1 Å². The van der Waals surface area contributed by atoms with E-state index in [-0.39, 0.29) is 18.3 Å². The lowest BCUT2D eigenvalue weighted by molar-refractivity contribution is -0.142. The number of nitrogens with two attached hydrogens (primary N) is 2. The first-order valence-electron chi connectivity index (χ1n) is 11.0. The van der Waals surface area contributed by atoms with Gasteiger partial charge in [-0.05, 0) is 51.0 Å². The van der Waals surface area contributed by atoms with Crippen LogP contribution in [0.1, 0.15) is 66.7 Å². The Morgan fingerprint density at radius 2 is 1.45 bits per heavy atom. The minimum absolute atomic E-state index is 0.0399. The van der Waals surface area contributed by atoms with Crippen LogP contribution in [0.25, 0.3) is 0 Å². The molecule has 10 heteroatoms. The lowest BCUT2D eigenvalue weighted by Crippen LogP contribution is -2.57. The van der Waals surface area contributed by atoms with Gasteiger partial charge in [0, 0.05) is 0 Å². The van der Waals surface area contributed by atoms with Crippen molar-refractivity contribution in [2.45, 2.75) is 90.9 Å². The maximum absolute atomic E-state index is 12.7. The number of hydrogen-bond donors (Lipinski definition) is 6. The van der Waals surface area contributed by atoms with E-state index in [2.05, 4.69) is 16.0 Å². The van der Waals surface area contributed by atoms with E-state index >= 15 is 0 Å². The molecule has 0 rings (SSSR count). The molecule has 0 aromatic rings. The summed E-state index contributed by atoms with van der Waals surface area (Å²) in [5, 5.41) is 17.1. The van der Waals surface area contributed by atoms with Gasteiger partial charge in [-0.25, -0.2) is 4.79 Å². The van der Waals surface area contributed by atoms with Crippen LogP contribution in [0.3, 0.4) is 0 Å². The molecule has 8 N–H and O–H groups in total. The first-order chi connectivity index (χ1) is 14.4. The minimum Gasteiger partial charge on any atom is -0.480 e. The third-order valence-electron chi connectivity index (χ3n) is 5.21. The van der Waals surface area contributed by atoms with Gasteiger partial charge >= 0.3 is 5.97 Å². The summed E-state index contributed by atoms with van der Waals surface area (Å²) < 4.78 is 0. The quantitative estimate of drug-likeness (QED) is 0.194. The Morgan fingerprint density at radius 1 is 0.871 bits per heavy atom.